The van der Waals surface area contributed by atoms with E-state index in [1.165, 1.54) is 50.5 Å². The van der Waals surface area contributed by atoms with E-state index in [2.05, 4.69) is 34.3 Å². The minimum absolute atomic E-state index is 0.529. The van der Waals surface area contributed by atoms with Crippen molar-refractivity contribution in [3.8, 4) is 22.7 Å². The number of benzene rings is 1. The number of hydrogen-bond donors (Lipinski definition) is 0. The molecule has 152 valence electrons. The molecular formula is C24H30N4O. The first-order valence-electron chi connectivity index (χ1n) is 10.7. The van der Waals surface area contributed by atoms with Crippen molar-refractivity contribution in [1.29, 1.82) is 0 Å². The highest BCUT2D eigenvalue weighted by molar-refractivity contribution is 5.75. The Morgan fingerprint density at radius 3 is 2.21 bits per heavy atom. The third-order valence-electron chi connectivity index (χ3n) is 5.57. The van der Waals surface area contributed by atoms with Crippen LogP contribution in [0.25, 0.3) is 16.8 Å². The van der Waals surface area contributed by atoms with E-state index < -0.39 is 0 Å². The van der Waals surface area contributed by atoms with Crippen LogP contribution in [0.1, 0.15) is 50.5 Å². The molecule has 0 unspecified atom stereocenters. The van der Waals surface area contributed by atoms with Crippen molar-refractivity contribution in [2.24, 2.45) is 0 Å². The maximum absolute atomic E-state index is 5.85. The second kappa shape index (κ2) is 9.12. The second-order valence-electron chi connectivity index (χ2n) is 7.97. The molecule has 0 bridgehead atoms. The van der Waals surface area contributed by atoms with E-state index in [9.17, 15) is 0 Å². The predicted molar refractivity (Wildman–Crippen MR) is 118 cm³/mol. The Morgan fingerprint density at radius 2 is 1.59 bits per heavy atom. The Labute approximate surface area is 173 Å². The summed E-state index contributed by atoms with van der Waals surface area (Å²) in [7, 11) is 3.95. The van der Waals surface area contributed by atoms with E-state index in [0.29, 0.717) is 12.5 Å². The van der Waals surface area contributed by atoms with Crippen molar-refractivity contribution in [3.05, 3.63) is 54.4 Å². The molecule has 1 fully saturated rings. The van der Waals surface area contributed by atoms with Crippen LogP contribution in [-0.4, -0.2) is 28.9 Å². The molecule has 5 heteroatoms. The Bertz CT molecular complexity index is 914. The van der Waals surface area contributed by atoms with Gasteiger partial charge in [0.15, 0.2) is 0 Å². The molecule has 0 radical (unpaired) electrons. The number of fused-ring (bicyclic) bond motifs is 3. The highest BCUT2D eigenvalue weighted by Gasteiger charge is 2.20. The molecule has 2 aromatic heterocycles. The summed E-state index contributed by atoms with van der Waals surface area (Å²) < 4.78 is 7.70. The Kier molecular flexibility index (Phi) is 6.13. The molecule has 0 saturated heterocycles. The molecule has 3 heterocycles. The van der Waals surface area contributed by atoms with Crippen molar-refractivity contribution < 1.29 is 4.74 Å². The Morgan fingerprint density at radius 1 is 0.897 bits per heavy atom. The fourth-order valence-electron chi connectivity index (χ4n) is 3.90. The quantitative estimate of drug-likeness (QED) is 0.532. The van der Waals surface area contributed by atoms with Crippen LogP contribution < -0.4 is 9.64 Å². The van der Waals surface area contributed by atoms with Gasteiger partial charge in [0.05, 0.1) is 5.69 Å². The van der Waals surface area contributed by atoms with Crippen molar-refractivity contribution >= 4 is 5.82 Å². The molecule has 0 amide bonds. The topological polar surface area (TPSA) is 43.2 Å². The maximum atomic E-state index is 5.85. The van der Waals surface area contributed by atoms with Gasteiger partial charge in [0.25, 0.3) is 0 Å². The van der Waals surface area contributed by atoms with Gasteiger partial charge in [-0.1, -0.05) is 51.0 Å². The van der Waals surface area contributed by atoms with E-state index in [4.69, 9.17) is 4.74 Å². The molecule has 1 aliphatic heterocycles. The normalized spacial score (nSPS) is 15.1. The zero-order chi connectivity index (χ0) is 20.1. The highest BCUT2D eigenvalue weighted by Crippen LogP contribution is 2.37. The van der Waals surface area contributed by atoms with Crippen LogP contribution in [0.4, 0.5) is 5.82 Å². The summed E-state index contributed by atoms with van der Waals surface area (Å²) >= 11 is 0. The molecular weight excluding hydrogens is 360 g/mol. The Balaban J connectivity index is 0.000000249. The summed E-state index contributed by atoms with van der Waals surface area (Å²) in [6.45, 7) is 0.529. The van der Waals surface area contributed by atoms with Gasteiger partial charge in [-0.3, -0.25) is 0 Å². The minimum atomic E-state index is 0.529. The van der Waals surface area contributed by atoms with Crippen LogP contribution >= 0.6 is 0 Å². The lowest BCUT2D eigenvalue weighted by Crippen LogP contribution is -2.13. The number of ether oxygens (including phenoxy) is 1. The van der Waals surface area contributed by atoms with Crippen LogP contribution in [0.5, 0.6) is 5.88 Å². The minimum Gasteiger partial charge on any atom is -0.472 e. The summed E-state index contributed by atoms with van der Waals surface area (Å²) in [6.07, 6.45) is 14.2. The summed E-state index contributed by atoms with van der Waals surface area (Å²) in [5.41, 5.74) is 4.41. The first kappa shape index (κ1) is 19.5. The average Bonchev–Trinajstić information content (AvgIpc) is 3.13. The monoisotopic (exact) mass is 390 g/mol. The number of rotatable bonds is 2. The lowest BCUT2D eigenvalue weighted by Gasteiger charge is -2.22. The van der Waals surface area contributed by atoms with E-state index in [0.717, 1.165) is 22.6 Å². The first-order chi connectivity index (χ1) is 14.2. The largest absolute Gasteiger partial charge is 0.472 e. The molecule has 5 rings (SSSR count). The summed E-state index contributed by atoms with van der Waals surface area (Å²) in [5.74, 6) is 1.60. The molecule has 29 heavy (non-hydrogen) atoms. The van der Waals surface area contributed by atoms with Gasteiger partial charge in [0.2, 0.25) is 5.88 Å². The van der Waals surface area contributed by atoms with Crippen LogP contribution in [0.2, 0.25) is 0 Å². The van der Waals surface area contributed by atoms with Crippen LogP contribution in [0.15, 0.2) is 48.8 Å². The molecule has 1 saturated carbocycles. The van der Waals surface area contributed by atoms with E-state index >= 15 is 0 Å². The zero-order valence-corrected chi connectivity index (χ0v) is 17.5. The molecule has 0 N–H and O–H groups in total. The van der Waals surface area contributed by atoms with Crippen LogP contribution in [0, 0.1) is 0 Å². The number of aromatic nitrogens is 3. The van der Waals surface area contributed by atoms with Crippen LogP contribution in [0.3, 0.4) is 0 Å². The Hall–Kier alpha value is -2.82. The standard InChI is InChI=1S/C17H16N4O.C7H14/c1-20(2)16-7-6-15-14-5-4-13(21-9-3-8-18-21)10-12(14)11-22-17(15)19-16;1-2-4-6-7-5-3-1/h3-10H,11H2,1-2H3;1-7H2. The number of nitrogens with zero attached hydrogens (tertiary/aromatic N) is 4. The third-order valence-corrected chi connectivity index (χ3v) is 5.57. The summed E-state index contributed by atoms with van der Waals surface area (Å²) in [6, 6.07) is 12.3. The first-order valence-corrected chi connectivity index (χ1v) is 10.7. The average molecular weight is 391 g/mol. The molecule has 1 aliphatic carbocycles. The molecule has 0 spiro atoms. The van der Waals surface area contributed by atoms with Crippen LogP contribution in [-0.2, 0) is 6.61 Å². The SMILES string of the molecule is C1CCCCCC1.CN(C)c1ccc2c(n1)OCc1cc(-n3cccn3)ccc1-2. The molecule has 3 aromatic rings. The third kappa shape index (κ3) is 4.61. The second-order valence-corrected chi connectivity index (χ2v) is 7.97. The molecule has 2 aliphatic rings. The fourth-order valence-corrected chi connectivity index (χ4v) is 3.90. The van der Waals surface area contributed by atoms with Crippen molar-refractivity contribution in [2.75, 3.05) is 19.0 Å². The fraction of sp³-hybridized carbons (Fsp3) is 0.417. The molecule has 0 atom stereocenters. The predicted octanol–water partition coefficient (Wildman–Crippen LogP) is 5.62. The zero-order valence-electron chi connectivity index (χ0n) is 17.5. The van der Waals surface area contributed by atoms with E-state index in [1.807, 2.05) is 42.0 Å². The van der Waals surface area contributed by atoms with Gasteiger partial charge in [-0.05, 0) is 41.5 Å². The molecule has 5 nitrogen and oxygen atoms in total. The van der Waals surface area contributed by atoms with E-state index in [1.54, 1.807) is 6.20 Å². The number of hydrogen-bond acceptors (Lipinski definition) is 4. The summed E-state index contributed by atoms with van der Waals surface area (Å²) in [4.78, 5) is 6.54. The van der Waals surface area contributed by atoms with Gasteiger partial charge >= 0.3 is 0 Å². The van der Waals surface area contributed by atoms with Gasteiger partial charge in [-0.15, -0.1) is 0 Å². The van der Waals surface area contributed by atoms with Gasteiger partial charge in [-0.25, -0.2) is 4.68 Å². The highest BCUT2D eigenvalue weighted by atomic mass is 16.5. The van der Waals surface area contributed by atoms with Gasteiger partial charge in [0.1, 0.15) is 12.4 Å². The van der Waals surface area contributed by atoms with Gasteiger partial charge in [0, 0.05) is 32.1 Å². The number of anilines is 1. The maximum Gasteiger partial charge on any atom is 0.223 e. The number of pyridine rings is 1. The van der Waals surface area contributed by atoms with Crippen molar-refractivity contribution in [1.82, 2.24) is 14.8 Å². The van der Waals surface area contributed by atoms with Gasteiger partial charge < -0.3 is 9.64 Å². The smallest absolute Gasteiger partial charge is 0.223 e. The molecule has 1 aromatic carbocycles. The lowest BCUT2D eigenvalue weighted by molar-refractivity contribution is 0.290. The summed E-state index contributed by atoms with van der Waals surface area (Å²) in [5, 5.41) is 4.27. The van der Waals surface area contributed by atoms with E-state index in [-0.39, 0.29) is 0 Å². The van der Waals surface area contributed by atoms with Crippen molar-refractivity contribution in [2.45, 2.75) is 51.6 Å². The van der Waals surface area contributed by atoms with Gasteiger partial charge in [-0.2, -0.15) is 10.1 Å². The van der Waals surface area contributed by atoms with Crippen molar-refractivity contribution in [3.63, 3.8) is 0 Å². The lowest BCUT2D eigenvalue weighted by atomic mass is 9.98.